The Morgan fingerprint density at radius 2 is 2.00 bits per heavy atom. The third kappa shape index (κ3) is 3.01. The Labute approximate surface area is 90.2 Å². The zero-order valence-electron chi connectivity index (χ0n) is 8.42. The molecular formula is C10H9F2NO3. The summed E-state index contributed by atoms with van der Waals surface area (Å²) in [7, 11) is 1.17. The third-order valence-electron chi connectivity index (χ3n) is 1.80. The lowest BCUT2D eigenvalue weighted by molar-refractivity contribution is -0.139. The minimum Gasteiger partial charge on any atom is -0.468 e. The molecule has 6 heteroatoms. The molecule has 0 fully saturated rings. The monoisotopic (exact) mass is 229 g/mol. The summed E-state index contributed by atoms with van der Waals surface area (Å²) in [6.07, 6.45) is 0. The summed E-state index contributed by atoms with van der Waals surface area (Å²) < 4.78 is 29.6. The van der Waals surface area contributed by atoms with E-state index in [0.717, 1.165) is 18.2 Å². The number of carbonyl (C=O) groups excluding carboxylic acids is 2. The molecule has 0 atom stereocenters. The van der Waals surface area contributed by atoms with Crippen molar-refractivity contribution in [3.63, 3.8) is 0 Å². The van der Waals surface area contributed by atoms with E-state index in [-0.39, 0.29) is 12.1 Å². The molecule has 0 aliphatic carbocycles. The largest absolute Gasteiger partial charge is 0.468 e. The molecule has 1 aromatic rings. The number of amides is 1. The second-order valence-electron chi connectivity index (χ2n) is 2.89. The maximum atomic E-state index is 12.8. The summed E-state index contributed by atoms with van der Waals surface area (Å²) in [4.78, 5) is 22.0. The molecule has 0 unspecified atom stereocenters. The van der Waals surface area contributed by atoms with Gasteiger partial charge in [-0.05, 0) is 18.2 Å². The smallest absolute Gasteiger partial charge is 0.325 e. The predicted octanol–water partition coefficient (Wildman–Crippen LogP) is 0.868. The number of ether oxygens (including phenoxy) is 1. The molecule has 0 saturated heterocycles. The van der Waals surface area contributed by atoms with Crippen LogP contribution in [0, 0.1) is 11.6 Å². The van der Waals surface area contributed by atoms with Crippen LogP contribution in [0.15, 0.2) is 18.2 Å². The van der Waals surface area contributed by atoms with Gasteiger partial charge in [0.25, 0.3) is 5.91 Å². The van der Waals surface area contributed by atoms with Gasteiger partial charge >= 0.3 is 5.97 Å². The maximum absolute atomic E-state index is 12.8. The molecular weight excluding hydrogens is 220 g/mol. The number of carbonyl (C=O) groups is 2. The minimum absolute atomic E-state index is 0.0668. The molecule has 0 heterocycles. The Bertz CT molecular complexity index is 421. The van der Waals surface area contributed by atoms with Crippen molar-refractivity contribution < 1.29 is 23.1 Å². The predicted molar refractivity (Wildman–Crippen MR) is 50.7 cm³/mol. The van der Waals surface area contributed by atoms with Gasteiger partial charge in [-0.3, -0.25) is 9.59 Å². The quantitative estimate of drug-likeness (QED) is 0.782. The number of benzene rings is 1. The van der Waals surface area contributed by atoms with Crippen molar-refractivity contribution in [1.82, 2.24) is 5.32 Å². The zero-order valence-corrected chi connectivity index (χ0v) is 8.42. The van der Waals surface area contributed by atoms with Crippen LogP contribution in [0.2, 0.25) is 0 Å². The Kier molecular flexibility index (Phi) is 3.93. The Hall–Kier alpha value is -1.98. The highest BCUT2D eigenvalue weighted by Gasteiger charge is 2.10. The molecule has 0 saturated carbocycles. The highest BCUT2D eigenvalue weighted by Crippen LogP contribution is 2.08. The van der Waals surface area contributed by atoms with E-state index in [4.69, 9.17) is 0 Å². The molecule has 1 amide bonds. The van der Waals surface area contributed by atoms with E-state index in [1.165, 1.54) is 7.11 Å². The molecule has 0 aliphatic heterocycles. The topological polar surface area (TPSA) is 55.4 Å². The van der Waals surface area contributed by atoms with E-state index in [2.05, 4.69) is 10.1 Å². The van der Waals surface area contributed by atoms with Gasteiger partial charge < -0.3 is 10.1 Å². The van der Waals surface area contributed by atoms with E-state index in [1.807, 2.05) is 0 Å². The van der Waals surface area contributed by atoms with Crippen molar-refractivity contribution in [3.05, 3.63) is 35.4 Å². The fraction of sp³-hybridized carbons (Fsp3) is 0.200. The third-order valence-corrected chi connectivity index (χ3v) is 1.80. The van der Waals surface area contributed by atoms with Crippen molar-refractivity contribution in [2.24, 2.45) is 0 Å². The first-order chi connectivity index (χ1) is 7.54. The van der Waals surface area contributed by atoms with Gasteiger partial charge in [0.2, 0.25) is 0 Å². The van der Waals surface area contributed by atoms with Crippen molar-refractivity contribution >= 4 is 11.9 Å². The molecule has 1 aromatic carbocycles. The lowest BCUT2D eigenvalue weighted by Gasteiger charge is -2.03. The number of hydrogen-bond acceptors (Lipinski definition) is 3. The first-order valence-electron chi connectivity index (χ1n) is 4.34. The van der Waals surface area contributed by atoms with Gasteiger partial charge in [0.15, 0.2) is 11.6 Å². The minimum atomic E-state index is -1.12. The molecule has 16 heavy (non-hydrogen) atoms. The Morgan fingerprint density at radius 1 is 1.31 bits per heavy atom. The molecule has 0 aromatic heterocycles. The average molecular weight is 229 g/mol. The van der Waals surface area contributed by atoms with Crippen LogP contribution in [0.3, 0.4) is 0 Å². The lowest BCUT2D eigenvalue weighted by atomic mass is 10.2. The standard InChI is InChI=1S/C10H9F2NO3/c1-16-9(14)5-13-10(15)6-2-3-7(11)8(12)4-6/h2-4H,5H2,1H3,(H,13,15). The second-order valence-corrected chi connectivity index (χ2v) is 2.89. The van der Waals surface area contributed by atoms with Gasteiger partial charge in [0.05, 0.1) is 7.11 Å². The number of esters is 1. The van der Waals surface area contributed by atoms with E-state index in [1.54, 1.807) is 0 Å². The van der Waals surface area contributed by atoms with Crippen LogP contribution in [0.25, 0.3) is 0 Å². The summed E-state index contributed by atoms with van der Waals surface area (Å²) in [6.45, 7) is -0.325. The molecule has 86 valence electrons. The van der Waals surface area contributed by atoms with Crippen LogP contribution in [-0.4, -0.2) is 25.5 Å². The zero-order chi connectivity index (χ0) is 12.1. The first kappa shape index (κ1) is 12.1. The van der Waals surface area contributed by atoms with Gasteiger partial charge in [-0.2, -0.15) is 0 Å². The number of nitrogens with one attached hydrogen (secondary N) is 1. The van der Waals surface area contributed by atoms with Crippen molar-refractivity contribution in [2.75, 3.05) is 13.7 Å². The van der Waals surface area contributed by atoms with Gasteiger partial charge in [-0.1, -0.05) is 0 Å². The molecule has 0 radical (unpaired) electrons. The fourth-order valence-electron chi connectivity index (χ4n) is 0.964. The molecule has 1 rings (SSSR count). The SMILES string of the molecule is COC(=O)CNC(=O)c1ccc(F)c(F)c1. The van der Waals surface area contributed by atoms with E-state index in [0.29, 0.717) is 0 Å². The van der Waals surface area contributed by atoms with E-state index in [9.17, 15) is 18.4 Å². The second kappa shape index (κ2) is 5.20. The van der Waals surface area contributed by atoms with Crippen LogP contribution in [0.5, 0.6) is 0 Å². The highest BCUT2D eigenvalue weighted by molar-refractivity contribution is 5.95. The van der Waals surface area contributed by atoms with Crippen LogP contribution in [0.1, 0.15) is 10.4 Å². The van der Waals surface area contributed by atoms with Gasteiger partial charge in [-0.15, -0.1) is 0 Å². The lowest BCUT2D eigenvalue weighted by Crippen LogP contribution is -2.30. The van der Waals surface area contributed by atoms with Gasteiger partial charge in [-0.25, -0.2) is 8.78 Å². The maximum Gasteiger partial charge on any atom is 0.325 e. The molecule has 4 nitrogen and oxygen atoms in total. The van der Waals surface area contributed by atoms with Gasteiger partial charge in [0, 0.05) is 5.56 Å². The number of rotatable bonds is 3. The molecule has 0 aliphatic rings. The summed E-state index contributed by atoms with van der Waals surface area (Å²) in [6, 6.07) is 2.70. The van der Waals surface area contributed by atoms with Crippen LogP contribution in [-0.2, 0) is 9.53 Å². The highest BCUT2D eigenvalue weighted by atomic mass is 19.2. The van der Waals surface area contributed by atoms with E-state index < -0.39 is 23.5 Å². The van der Waals surface area contributed by atoms with Gasteiger partial charge in [0.1, 0.15) is 6.54 Å². The van der Waals surface area contributed by atoms with Crippen LogP contribution in [0.4, 0.5) is 8.78 Å². The molecule has 0 bridgehead atoms. The van der Waals surface area contributed by atoms with Crippen molar-refractivity contribution in [1.29, 1.82) is 0 Å². The molecule has 0 spiro atoms. The first-order valence-corrected chi connectivity index (χ1v) is 4.34. The normalized spacial score (nSPS) is 9.69. The average Bonchev–Trinajstić information content (AvgIpc) is 2.29. The Balaban J connectivity index is 2.66. The summed E-state index contributed by atoms with van der Waals surface area (Å²) in [5.41, 5.74) is -0.0668. The van der Waals surface area contributed by atoms with Crippen molar-refractivity contribution in [3.8, 4) is 0 Å². The fourth-order valence-corrected chi connectivity index (χ4v) is 0.964. The van der Waals surface area contributed by atoms with Crippen LogP contribution >= 0.6 is 0 Å². The Morgan fingerprint density at radius 3 is 2.56 bits per heavy atom. The van der Waals surface area contributed by atoms with Crippen molar-refractivity contribution in [2.45, 2.75) is 0 Å². The van der Waals surface area contributed by atoms with Crippen LogP contribution < -0.4 is 5.32 Å². The number of hydrogen-bond donors (Lipinski definition) is 1. The summed E-state index contributed by atoms with van der Waals surface area (Å²) >= 11 is 0. The number of methoxy groups -OCH3 is 1. The molecule has 1 N–H and O–H groups in total. The summed E-state index contributed by atoms with van der Waals surface area (Å²) in [5, 5.41) is 2.19. The summed E-state index contributed by atoms with van der Waals surface area (Å²) in [5.74, 6) is -3.46. The van der Waals surface area contributed by atoms with E-state index >= 15 is 0 Å². The number of halogens is 2.